The molecule has 3 aromatic rings. The van der Waals surface area contributed by atoms with Crippen LogP contribution in [0.15, 0.2) is 36.4 Å². The highest BCUT2D eigenvalue weighted by molar-refractivity contribution is 5.92. The maximum atomic E-state index is 9.88. The van der Waals surface area contributed by atoms with E-state index in [4.69, 9.17) is 24.7 Å². The molecular weight excluding hydrogens is 382 g/mol. The molecule has 0 aliphatic rings. The fraction of sp³-hybridized carbons (Fsp3) is 0.217. The highest BCUT2D eigenvalue weighted by Gasteiger charge is 2.23. The third-order valence-electron chi connectivity index (χ3n) is 4.85. The van der Waals surface area contributed by atoms with E-state index >= 15 is 0 Å². The number of ether oxygens (including phenoxy) is 4. The summed E-state index contributed by atoms with van der Waals surface area (Å²) in [5.41, 5.74) is 10.1. The Morgan fingerprint density at radius 2 is 1.43 bits per heavy atom. The first-order valence-corrected chi connectivity index (χ1v) is 9.14. The van der Waals surface area contributed by atoms with Crippen LogP contribution >= 0.6 is 0 Å². The average Bonchev–Trinajstić information content (AvgIpc) is 2.77. The van der Waals surface area contributed by atoms with Crippen molar-refractivity contribution in [1.82, 2.24) is 4.98 Å². The van der Waals surface area contributed by atoms with Crippen molar-refractivity contribution in [1.29, 1.82) is 5.26 Å². The molecule has 2 aromatic carbocycles. The Morgan fingerprint density at radius 3 is 1.90 bits per heavy atom. The summed E-state index contributed by atoms with van der Waals surface area (Å²) < 4.78 is 21.7. The van der Waals surface area contributed by atoms with Gasteiger partial charge in [0, 0.05) is 16.8 Å². The molecular formula is C23H23N3O4. The van der Waals surface area contributed by atoms with Crippen molar-refractivity contribution in [3.63, 3.8) is 0 Å². The molecule has 2 N–H and O–H groups in total. The largest absolute Gasteiger partial charge is 0.497 e. The smallest absolute Gasteiger partial charge is 0.203 e. The number of nitriles is 1. The molecule has 0 atom stereocenters. The van der Waals surface area contributed by atoms with Gasteiger partial charge in [0.15, 0.2) is 11.5 Å². The van der Waals surface area contributed by atoms with Gasteiger partial charge < -0.3 is 24.7 Å². The lowest BCUT2D eigenvalue weighted by molar-refractivity contribution is 0.324. The SMILES string of the molecule is COc1ccc(-c2c(C)nc(N)c(C#N)c2-c2cc(OC)c(OC)c(OC)c2)cc1. The number of methoxy groups -OCH3 is 4. The molecule has 1 aromatic heterocycles. The van der Waals surface area contributed by atoms with Crippen LogP contribution in [0, 0.1) is 18.3 Å². The number of hydrogen-bond donors (Lipinski definition) is 1. The van der Waals surface area contributed by atoms with Crippen LogP contribution in [0.2, 0.25) is 0 Å². The summed E-state index contributed by atoms with van der Waals surface area (Å²) in [5.74, 6) is 2.31. The van der Waals surface area contributed by atoms with Gasteiger partial charge in [-0.1, -0.05) is 12.1 Å². The predicted octanol–water partition coefficient (Wildman–Crippen LogP) is 4.21. The summed E-state index contributed by atoms with van der Waals surface area (Å²) >= 11 is 0. The molecule has 0 saturated carbocycles. The predicted molar refractivity (Wildman–Crippen MR) is 115 cm³/mol. The van der Waals surface area contributed by atoms with Crippen LogP contribution in [0.5, 0.6) is 23.0 Å². The number of pyridine rings is 1. The van der Waals surface area contributed by atoms with E-state index in [1.807, 2.05) is 31.2 Å². The number of nitrogens with zero attached hydrogens (tertiary/aromatic N) is 2. The molecule has 7 heteroatoms. The molecule has 0 spiro atoms. The number of rotatable bonds is 6. The van der Waals surface area contributed by atoms with Crippen molar-refractivity contribution < 1.29 is 18.9 Å². The molecule has 3 rings (SSSR count). The fourth-order valence-electron chi connectivity index (χ4n) is 3.46. The number of hydrogen-bond acceptors (Lipinski definition) is 7. The summed E-state index contributed by atoms with van der Waals surface area (Å²) in [4.78, 5) is 4.41. The minimum atomic E-state index is 0.163. The average molecular weight is 405 g/mol. The molecule has 30 heavy (non-hydrogen) atoms. The molecule has 0 unspecified atom stereocenters. The second-order valence-corrected chi connectivity index (χ2v) is 6.46. The van der Waals surface area contributed by atoms with Gasteiger partial charge in [0.25, 0.3) is 0 Å². The zero-order valence-corrected chi connectivity index (χ0v) is 17.6. The van der Waals surface area contributed by atoms with Crippen molar-refractivity contribution in [2.75, 3.05) is 34.2 Å². The normalized spacial score (nSPS) is 10.3. The van der Waals surface area contributed by atoms with Crippen LogP contribution in [0.4, 0.5) is 5.82 Å². The molecule has 0 saturated heterocycles. The number of benzene rings is 2. The van der Waals surface area contributed by atoms with Gasteiger partial charge >= 0.3 is 0 Å². The van der Waals surface area contributed by atoms with Gasteiger partial charge in [0.1, 0.15) is 23.2 Å². The van der Waals surface area contributed by atoms with Crippen LogP contribution in [0.3, 0.4) is 0 Å². The highest BCUT2D eigenvalue weighted by Crippen LogP contribution is 2.45. The van der Waals surface area contributed by atoms with Gasteiger partial charge in [0.05, 0.1) is 28.4 Å². The number of nitrogen functional groups attached to an aromatic ring is 1. The molecule has 154 valence electrons. The summed E-state index contributed by atoms with van der Waals surface area (Å²) in [6.45, 7) is 1.86. The van der Waals surface area contributed by atoms with E-state index in [1.54, 1.807) is 33.5 Å². The van der Waals surface area contributed by atoms with E-state index in [1.165, 1.54) is 7.11 Å². The fourth-order valence-corrected chi connectivity index (χ4v) is 3.46. The van der Waals surface area contributed by atoms with Gasteiger partial charge in [-0.05, 0) is 42.3 Å². The van der Waals surface area contributed by atoms with Crippen LogP contribution in [-0.2, 0) is 0 Å². The van der Waals surface area contributed by atoms with Gasteiger partial charge in [0.2, 0.25) is 5.75 Å². The Morgan fingerprint density at radius 1 is 0.833 bits per heavy atom. The van der Waals surface area contributed by atoms with Crippen LogP contribution < -0.4 is 24.7 Å². The molecule has 0 bridgehead atoms. The highest BCUT2D eigenvalue weighted by atomic mass is 16.5. The molecule has 0 aliphatic heterocycles. The van der Waals surface area contributed by atoms with Crippen LogP contribution in [-0.4, -0.2) is 33.4 Å². The lowest BCUT2D eigenvalue weighted by Gasteiger charge is -2.19. The minimum Gasteiger partial charge on any atom is -0.497 e. The molecule has 0 fully saturated rings. The maximum absolute atomic E-state index is 9.88. The van der Waals surface area contributed by atoms with E-state index < -0.39 is 0 Å². The zero-order valence-electron chi connectivity index (χ0n) is 17.6. The first-order valence-electron chi connectivity index (χ1n) is 9.14. The summed E-state index contributed by atoms with van der Waals surface area (Å²) in [5, 5.41) is 9.88. The number of anilines is 1. The lowest BCUT2D eigenvalue weighted by Crippen LogP contribution is -2.04. The zero-order chi connectivity index (χ0) is 21.8. The van der Waals surface area contributed by atoms with E-state index in [2.05, 4.69) is 11.1 Å². The van der Waals surface area contributed by atoms with Gasteiger partial charge in [-0.15, -0.1) is 0 Å². The molecule has 0 aliphatic carbocycles. The molecule has 0 amide bonds. The molecule has 7 nitrogen and oxygen atoms in total. The Bertz CT molecular complexity index is 1090. The third-order valence-corrected chi connectivity index (χ3v) is 4.85. The third kappa shape index (κ3) is 3.55. The lowest BCUT2D eigenvalue weighted by atomic mass is 9.89. The van der Waals surface area contributed by atoms with Crippen molar-refractivity contribution in [2.45, 2.75) is 6.92 Å². The van der Waals surface area contributed by atoms with E-state index in [9.17, 15) is 5.26 Å². The first-order chi connectivity index (χ1) is 14.5. The van der Waals surface area contributed by atoms with E-state index in [0.717, 1.165) is 16.9 Å². The topological polar surface area (TPSA) is 99.6 Å². The number of nitrogens with two attached hydrogens (primary N) is 1. The van der Waals surface area contributed by atoms with Crippen LogP contribution in [0.25, 0.3) is 22.3 Å². The van der Waals surface area contributed by atoms with Gasteiger partial charge in [-0.2, -0.15) is 5.26 Å². The second-order valence-electron chi connectivity index (χ2n) is 6.46. The van der Waals surface area contributed by atoms with Crippen LogP contribution in [0.1, 0.15) is 11.3 Å². The quantitative estimate of drug-likeness (QED) is 0.655. The standard InChI is InChI=1S/C23H23N3O4/c1-13-20(14-6-8-16(27-2)9-7-14)21(17(12-24)23(25)26-13)15-10-18(28-3)22(30-5)19(11-15)29-4/h6-11H,1-5H3,(H2,25,26). The van der Waals surface area contributed by atoms with Crippen molar-refractivity contribution in [2.24, 2.45) is 0 Å². The van der Waals surface area contributed by atoms with E-state index in [-0.39, 0.29) is 11.4 Å². The Labute approximate surface area is 175 Å². The van der Waals surface area contributed by atoms with E-state index in [0.29, 0.717) is 34.1 Å². The Kier molecular flexibility index (Phi) is 5.98. The van der Waals surface area contributed by atoms with Gasteiger partial charge in [-0.3, -0.25) is 0 Å². The summed E-state index contributed by atoms with van der Waals surface area (Å²) in [7, 11) is 6.24. The van der Waals surface area contributed by atoms with Gasteiger partial charge in [-0.25, -0.2) is 4.98 Å². The molecule has 0 radical (unpaired) electrons. The number of aromatic nitrogens is 1. The van der Waals surface area contributed by atoms with Crippen molar-refractivity contribution in [3.05, 3.63) is 47.7 Å². The summed E-state index contributed by atoms with van der Waals surface area (Å²) in [6, 6.07) is 13.3. The first kappa shape index (κ1) is 20.8. The minimum absolute atomic E-state index is 0.163. The van der Waals surface area contributed by atoms with Crippen molar-refractivity contribution >= 4 is 5.82 Å². The molecule has 1 heterocycles. The monoisotopic (exact) mass is 405 g/mol. The van der Waals surface area contributed by atoms with Crippen molar-refractivity contribution in [3.8, 4) is 51.3 Å². The summed E-state index contributed by atoms with van der Waals surface area (Å²) in [6.07, 6.45) is 0. The number of aryl methyl sites for hydroxylation is 1. The Balaban J connectivity index is 2.40. The second kappa shape index (κ2) is 8.62. The maximum Gasteiger partial charge on any atom is 0.203 e. The Hall–Kier alpha value is -3.92.